The van der Waals surface area contributed by atoms with Gasteiger partial charge in [-0.25, -0.2) is 0 Å². The third-order valence-electron chi connectivity index (χ3n) is 3.48. The average Bonchev–Trinajstić information content (AvgIpc) is 2.39. The molecule has 0 bridgehead atoms. The number of hydrogen-bond acceptors (Lipinski definition) is 3. The first-order valence-corrected chi connectivity index (χ1v) is 6.76. The van der Waals surface area contributed by atoms with E-state index in [-0.39, 0.29) is 12.0 Å². The summed E-state index contributed by atoms with van der Waals surface area (Å²) in [6, 6.07) is 8.36. The summed E-state index contributed by atoms with van der Waals surface area (Å²) in [6.45, 7) is 6.33. The molecule has 0 saturated carbocycles. The quantitative estimate of drug-likeness (QED) is 0.837. The molecule has 0 amide bonds. The van der Waals surface area contributed by atoms with Crippen LogP contribution in [0.1, 0.15) is 25.8 Å². The first kappa shape index (κ1) is 14.0. The van der Waals surface area contributed by atoms with E-state index in [0.29, 0.717) is 0 Å². The summed E-state index contributed by atoms with van der Waals surface area (Å²) in [5.41, 5.74) is 1.42. The first-order valence-electron chi connectivity index (χ1n) is 6.76. The molecule has 0 fully saturated rings. The molecule has 1 aromatic heterocycles. The maximum atomic E-state index is 9.02. The fourth-order valence-electron chi connectivity index (χ4n) is 2.27. The fraction of sp³-hybridized carbons (Fsp3) is 0.438. The van der Waals surface area contributed by atoms with Gasteiger partial charge < -0.3 is 10.4 Å². The van der Waals surface area contributed by atoms with E-state index >= 15 is 0 Å². The van der Waals surface area contributed by atoms with E-state index in [1.807, 2.05) is 12.4 Å². The molecule has 0 radical (unpaired) electrons. The van der Waals surface area contributed by atoms with Gasteiger partial charge in [0.05, 0.1) is 0 Å². The van der Waals surface area contributed by atoms with E-state index in [4.69, 9.17) is 5.11 Å². The van der Waals surface area contributed by atoms with Gasteiger partial charge in [0, 0.05) is 37.5 Å². The maximum absolute atomic E-state index is 9.02. The molecule has 3 heteroatoms. The third kappa shape index (κ3) is 3.75. The van der Waals surface area contributed by atoms with Gasteiger partial charge in [-0.1, -0.05) is 32.0 Å². The van der Waals surface area contributed by atoms with E-state index in [1.54, 1.807) is 0 Å². The summed E-state index contributed by atoms with van der Waals surface area (Å²) < 4.78 is 0. The van der Waals surface area contributed by atoms with E-state index in [9.17, 15) is 0 Å². The number of nitrogens with one attached hydrogen (secondary N) is 1. The van der Waals surface area contributed by atoms with Gasteiger partial charge in [0.1, 0.15) is 0 Å². The normalized spacial score (nSPS) is 11.9. The highest BCUT2D eigenvalue weighted by Gasteiger charge is 2.16. The molecule has 2 aromatic rings. The van der Waals surface area contributed by atoms with Gasteiger partial charge in [0.15, 0.2) is 0 Å². The highest BCUT2D eigenvalue weighted by atomic mass is 16.3. The molecular formula is C16H22N2O. The van der Waals surface area contributed by atoms with Crippen LogP contribution >= 0.6 is 0 Å². The summed E-state index contributed by atoms with van der Waals surface area (Å²) in [5, 5.41) is 14.9. The summed E-state index contributed by atoms with van der Waals surface area (Å²) in [7, 11) is 0. The second kappa shape index (κ2) is 6.13. The molecule has 0 atom stereocenters. The van der Waals surface area contributed by atoms with E-state index in [2.05, 4.69) is 48.4 Å². The molecule has 0 unspecified atom stereocenters. The predicted octanol–water partition coefficient (Wildman–Crippen LogP) is 2.73. The molecule has 2 rings (SSSR count). The van der Waals surface area contributed by atoms with Crippen LogP contribution in [0.4, 0.5) is 0 Å². The second-order valence-corrected chi connectivity index (χ2v) is 5.76. The summed E-state index contributed by atoms with van der Waals surface area (Å²) in [6.07, 6.45) is 4.55. The lowest BCUT2D eigenvalue weighted by molar-refractivity contribution is 0.207. The van der Waals surface area contributed by atoms with Gasteiger partial charge in [0.25, 0.3) is 0 Å². The van der Waals surface area contributed by atoms with Crippen molar-refractivity contribution < 1.29 is 5.11 Å². The van der Waals surface area contributed by atoms with E-state index in [1.165, 1.54) is 16.3 Å². The Morgan fingerprint density at radius 2 is 2.11 bits per heavy atom. The lowest BCUT2D eigenvalue weighted by atomic mass is 9.89. The molecule has 1 heterocycles. The number of rotatable bonds is 6. The minimum absolute atomic E-state index is 0.126. The number of hydrogen-bond donors (Lipinski definition) is 2. The molecule has 1 aromatic carbocycles. The number of benzene rings is 1. The lowest BCUT2D eigenvalue weighted by Crippen LogP contribution is -2.29. The Morgan fingerprint density at radius 3 is 2.89 bits per heavy atom. The van der Waals surface area contributed by atoms with Gasteiger partial charge in [-0.3, -0.25) is 4.98 Å². The molecule has 0 spiro atoms. The Morgan fingerprint density at radius 1 is 1.26 bits per heavy atom. The number of fused-ring (bicyclic) bond motifs is 1. The van der Waals surface area contributed by atoms with Crippen molar-refractivity contribution in [2.45, 2.75) is 26.8 Å². The SMILES string of the molecule is CC(C)(CCO)CNCc1cccc2cnccc12. The highest BCUT2D eigenvalue weighted by molar-refractivity contribution is 5.84. The van der Waals surface area contributed by atoms with Crippen molar-refractivity contribution in [2.24, 2.45) is 5.41 Å². The Labute approximate surface area is 114 Å². The van der Waals surface area contributed by atoms with Gasteiger partial charge in [0.2, 0.25) is 0 Å². The van der Waals surface area contributed by atoms with Crippen LogP contribution < -0.4 is 5.32 Å². The Bertz CT molecular complexity index is 532. The van der Waals surface area contributed by atoms with Crippen molar-refractivity contribution in [3.05, 3.63) is 42.2 Å². The van der Waals surface area contributed by atoms with Crippen LogP contribution in [0.3, 0.4) is 0 Å². The smallest absolute Gasteiger partial charge is 0.0436 e. The maximum Gasteiger partial charge on any atom is 0.0436 e. The van der Waals surface area contributed by atoms with Crippen molar-refractivity contribution in [1.82, 2.24) is 10.3 Å². The molecule has 0 aliphatic rings. The topological polar surface area (TPSA) is 45.1 Å². The summed E-state index contributed by atoms with van der Waals surface area (Å²) in [4.78, 5) is 4.15. The average molecular weight is 258 g/mol. The third-order valence-corrected chi connectivity index (χ3v) is 3.48. The molecule has 19 heavy (non-hydrogen) atoms. The molecule has 2 N–H and O–H groups in total. The minimum Gasteiger partial charge on any atom is -0.396 e. The zero-order chi connectivity index (χ0) is 13.7. The van der Waals surface area contributed by atoms with Crippen LogP contribution in [0.5, 0.6) is 0 Å². The van der Waals surface area contributed by atoms with Gasteiger partial charge in [-0.15, -0.1) is 0 Å². The highest BCUT2D eigenvalue weighted by Crippen LogP contribution is 2.20. The summed E-state index contributed by atoms with van der Waals surface area (Å²) in [5.74, 6) is 0. The molecule has 102 valence electrons. The molecular weight excluding hydrogens is 236 g/mol. The molecule has 3 nitrogen and oxygen atoms in total. The van der Waals surface area contributed by atoms with Crippen LogP contribution in [-0.2, 0) is 6.54 Å². The van der Waals surface area contributed by atoms with Gasteiger partial charge in [-0.05, 0) is 28.9 Å². The van der Waals surface area contributed by atoms with Crippen LogP contribution in [0, 0.1) is 5.41 Å². The number of nitrogens with zero attached hydrogens (tertiary/aromatic N) is 1. The lowest BCUT2D eigenvalue weighted by Gasteiger charge is -2.24. The largest absolute Gasteiger partial charge is 0.396 e. The number of pyridine rings is 1. The summed E-state index contributed by atoms with van der Waals surface area (Å²) >= 11 is 0. The number of aromatic nitrogens is 1. The van der Waals surface area contributed by atoms with E-state index in [0.717, 1.165) is 19.5 Å². The van der Waals surface area contributed by atoms with Gasteiger partial charge >= 0.3 is 0 Å². The van der Waals surface area contributed by atoms with Crippen LogP contribution in [0.25, 0.3) is 10.8 Å². The van der Waals surface area contributed by atoms with Crippen molar-refractivity contribution in [2.75, 3.05) is 13.2 Å². The zero-order valence-corrected chi connectivity index (χ0v) is 11.7. The fourth-order valence-corrected chi connectivity index (χ4v) is 2.27. The van der Waals surface area contributed by atoms with Crippen molar-refractivity contribution in [3.8, 4) is 0 Å². The van der Waals surface area contributed by atoms with Crippen molar-refractivity contribution >= 4 is 10.8 Å². The standard InChI is InChI=1S/C16H22N2O/c1-16(2,7-9-19)12-18-11-14-5-3-4-13-10-17-8-6-15(13)14/h3-6,8,10,18-19H,7,9,11-12H2,1-2H3. The van der Waals surface area contributed by atoms with Crippen LogP contribution in [0.2, 0.25) is 0 Å². The second-order valence-electron chi connectivity index (χ2n) is 5.76. The van der Waals surface area contributed by atoms with Crippen LogP contribution in [0.15, 0.2) is 36.7 Å². The molecule has 0 aliphatic heterocycles. The predicted molar refractivity (Wildman–Crippen MR) is 78.9 cm³/mol. The first-order chi connectivity index (χ1) is 9.12. The molecule has 0 aliphatic carbocycles. The monoisotopic (exact) mass is 258 g/mol. The Hall–Kier alpha value is -1.45. The Kier molecular flexibility index (Phi) is 4.51. The van der Waals surface area contributed by atoms with Crippen LogP contribution in [-0.4, -0.2) is 23.2 Å². The zero-order valence-electron chi connectivity index (χ0n) is 11.7. The van der Waals surface area contributed by atoms with Gasteiger partial charge in [-0.2, -0.15) is 0 Å². The number of aliphatic hydroxyl groups excluding tert-OH is 1. The van der Waals surface area contributed by atoms with Crippen molar-refractivity contribution in [3.63, 3.8) is 0 Å². The van der Waals surface area contributed by atoms with Crippen molar-refractivity contribution in [1.29, 1.82) is 0 Å². The number of aliphatic hydroxyl groups is 1. The van der Waals surface area contributed by atoms with E-state index < -0.39 is 0 Å². The minimum atomic E-state index is 0.126. The Balaban J connectivity index is 2.02. The molecule has 0 saturated heterocycles.